The fourth-order valence-corrected chi connectivity index (χ4v) is 2.15. The first kappa shape index (κ1) is 16.2. The Kier molecular flexibility index (Phi) is 6.18. The minimum Gasteiger partial charge on any atom is -0.481 e. The normalized spacial score (nSPS) is 12.3. The minimum atomic E-state index is -0.951. The number of aryl methyl sites for hydroxylation is 1. The fraction of sp³-hybridized carbons (Fsp3) is 0.467. The Labute approximate surface area is 118 Å². The molecule has 1 aromatic carbocycles. The van der Waals surface area contributed by atoms with Crippen LogP contribution < -0.4 is 0 Å². The summed E-state index contributed by atoms with van der Waals surface area (Å²) in [4.78, 5) is 24.0. The van der Waals surface area contributed by atoms with Crippen LogP contribution in [-0.2, 0) is 9.59 Å². The Morgan fingerprint density at radius 1 is 1.15 bits per heavy atom. The molecule has 20 heavy (non-hydrogen) atoms. The zero-order valence-electron chi connectivity index (χ0n) is 11.9. The van der Waals surface area contributed by atoms with E-state index in [-0.39, 0.29) is 13.0 Å². The summed E-state index contributed by atoms with van der Waals surface area (Å²) in [5, 5.41) is 18.3. The van der Waals surface area contributed by atoms with E-state index in [0.29, 0.717) is 12.1 Å². The molecule has 0 heterocycles. The lowest BCUT2D eigenvalue weighted by Crippen LogP contribution is -2.36. The highest BCUT2D eigenvalue weighted by Gasteiger charge is 2.27. The summed E-state index contributed by atoms with van der Waals surface area (Å²) in [5.74, 6) is -1.87. The van der Waals surface area contributed by atoms with Crippen LogP contribution in [0.25, 0.3) is 0 Å². The van der Waals surface area contributed by atoms with Crippen molar-refractivity contribution < 1.29 is 19.8 Å². The zero-order chi connectivity index (χ0) is 15.1. The first-order valence-corrected chi connectivity index (χ1v) is 6.71. The number of hydrogen-bond acceptors (Lipinski definition) is 3. The van der Waals surface area contributed by atoms with Gasteiger partial charge < -0.3 is 10.2 Å². The van der Waals surface area contributed by atoms with Crippen molar-refractivity contribution >= 4 is 11.9 Å². The van der Waals surface area contributed by atoms with Crippen molar-refractivity contribution in [3.05, 3.63) is 35.4 Å². The molecule has 0 spiro atoms. The third kappa shape index (κ3) is 4.66. The highest BCUT2D eigenvalue weighted by Crippen LogP contribution is 2.22. The molecular weight excluding hydrogens is 258 g/mol. The summed E-state index contributed by atoms with van der Waals surface area (Å²) >= 11 is 0. The third-order valence-corrected chi connectivity index (χ3v) is 3.12. The first-order valence-electron chi connectivity index (χ1n) is 6.71. The van der Waals surface area contributed by atoms with Crippen molar-refractivity contribution in [2.24, 2.45) is 0 Å². The topological polar surface area (TPSA) is 77.8 Å². The van der Waals surface area contributed by atoms with Crippen LogP contribution in [0.15, 0.2) is 24.3 Å². The second-order valence-electron chi connectivity index (χ2n) is 4.83. The Hall–Kier alpha value is -1.88. The quantitative estimate of drug-likeness (QED) is 0.763. The van der Waals surface area contributed by atoms with Crippen molar-refractivity contribution in [2.75, 3.05) is 13.1 Å². The van der Waals surface area contributed by atoms with Gasteiger partial charge in [-0.2, -0.15) is 0 Å². The highest BCUT2D eigenvalue weighted by molar-refractivity contribution is 5.75. The van der Waals surface area contributed by atoms with Crippen molar-refractivity contribution in [3.8, 4) is 0 Å². The maximum absolute atomic E-state index is 11.6. The van der Waals surface area contributed by atoms with Gasteiger partial charge in [-0.15, -0.1) is 0 Å². The van der Waals surface area contributed by atoms with Gasteiger partial charge in [0.05, 0.1) is 6.42 Å². The van der Waals surface area contributed by atoms with Gasteiger partial charge in [0.25, 0.3) is 0 Å². The predicted octanol–water partition coefficient (Wildman–Crippen LogP) is 2.31. The Balaban J connectivity index is 2.97. The van der Waals surface area contributed by atoms with Crippen molar-refractivity contribution in [1.29, 1.82) is 0 Å². The van der Waals surface area contributed by atoms with E-state index in [1.807, 2.05) is 26.0 Å². The third-order valence-electron chi connectivity index (χ3n) is 3.12. The summed E-state index contributed by atoms with van der Waals surface area (Å²) in [6, 6.07) is 6.52. The van der Waals surface area contributed by atoms with E-state index in [4.69, 9.17) is 5.11 Å². The Morgan fingerprint density at radius 3 is 2.20 bits per heavy atom. The molecule has 0 aliphatic rings. The molecule has 1 aromatic rings. The smallest absolute Gasteiger partial charge is 0.325 e. The molecule has 0 radical (unpaired) electrons. The molecule has 0 aliphatic carbocycles. The van der Waals surface area contributed by atoms with Crippen LogP contribution in [0.4, 0.5) is 0 Å². The predicted molar refractivity (Wildman–Crippen MR) is 75.7 cm³/mol. The SMILES string of the molecule is CCCN(CCC(=O)O)C(C(=O)O)c1ccc(C)cc1. The second-order valence-corrected chi connectivity index (χ2v) is 4.83. The van der Waals surface area contributed by atoms with Crippen LogP contribution in [0.5, 0.6) is 0 Å². The molecule has 1 rings (SSSR count). The van der Waals surface area contributed by atoms with Crippen LogP contribution in [0, 0.1) is 6.92 Å². The van der Waals surface area contributed by atoms with Crippen molar-refractivity contribution in [2.45, 2.75) is 32.7 Å². The average Bonchev–Trinajstić information content (AvgIpc) is 2.38. The van der Waals surface area contributed by atoms with Crippen LogP contribution >= 0.6 is 0 Å². The van der Waals surface area contributed by atoms with E-state index in [2.05, 4.69) is 0 Å². The number of hydrogen-bond donors (Lipinski definition) is 2. The molecule has 110 valence electrons. The molecule has 5 nitrogen and oxygen atoms in total. The molecule has 0 saturated carbocycles. The molecule has 0 aromatic heterocycles. The molecule has 0 aliphatic heterocycles. The Morgan fingerprint density at radius 2 is 1.75 bits per heavy atom. The van der Waals surface area contributed by atoms with Gasteiger partial charge in [-0.05, 0) is 25.5 Å². The van der Waals surface area contributed by atoms with Gasteiger partial charge in [-0.1, -0.05) is 36.8 Å². The van der Waals surface area contributed by atoms with Crippen molar-refractivity contribution in [1.82, 2.24) is 4.90 Å². The van der Waals surface area contributed by atoms with Crippen LogP contribution in [0.2, 0.25) is 0 Å². The number of rotatable bonds is 8. The summed E-state index contributed by atoms with van der Waals surface area (Å²) in [7, 11) is 0. The van der Waals surface area contributed by atoms with E-state index < -0.39 is 18.0 Å². The summed E-state index contributed by atoms with van der Waals surface area (Å²) in [6.45, 7) is 4.67. The molecular formula is C15H21NO4. The number of carboxylic acids is 2. The monoisotopic (exact) mass is 279 g/mol. The molecule has 0 saturated heterocycles. The fourth-order valence-electron chi connectivity index (χ4n) is 2.15. The lowest BCUT2D eigenvalue weighted by molar-refractivity contribution is -0.145. The number of benzene rings is 1. The first-order chi connectivity index (χ1) is 9.45. The van der Waals surface area contributed by atoms with E-state index in [1.165, 1.54) is 0 Å². The number of aliphatic carboxylic acids is 2. The lowest BCUT2D eigenvalue weighted by Gasteiger charge is -2.28. The van der Waals surface area contributed by atoms with Crippen LogP contribution in [0.1, 0.15) is 36.9 Å². The van der Waals surface area contributed by atoms with E-state index in [0.717, 1.165) is 12.0 Å². The second kappa shape index (κ2) is 7.65. The zero-order valence-corrected chi connectivity index (χ0v) is 11.9. The largest absolute Gasteiger partial charge is 0.481 e. The van der Waals surface area contributed by atoms with Gasteiger partial charge in [0.15, 0.2) is 0 Å². The van der Waals surface area contributed by atoms with E-state index in [9.17, 15) is 14.7 Å². The summed E-state index contributed by atoms with van der Waals surface area (Å²) < 4.78 is 0. The minimum absolute atomic E-state index is 0.0599. The molecule has 0 amide bonds. The van der Waals surface area contributed by atoms with Gasteiger partial charge in [-0.25, -0.2) is 0 Å². The van der Waals surface area contributed by atoms with Gasteiger partial charge in [0.1, 0.15) is 6.04 Å². The van der Waals surface area contributed by atoms with Gasteiger partial charge >= 0.3 is 11.9 Å². The molecule has 1 unspecified atom stereocenters. The van der Waals surface area contributed by atoms with Crippen LogP contribution in [-0.4, -0.2) is 40.1 Å². The van der Waals surface area contributed by atoms with Gasteiger partial charge in [0, 0.05) is 6.54 Å². The van der Waals surface area contributed by atoms with E-state index >= 15 is 0 Å². The Bertz CT molecular complexity index is 455. The maximum atomic E-state index is 11.6. The maximum Gasteiger partial charge on any atom is 0.325 e. The molecule has 1 atom stereocenters. The van der Waals surface area contributed by atoms with Gasteiger partial charge in [0.2, 0.25) is 0 Å². The lowest BCUT2D eigenvalue weighted by atomic mass is 10.0. The summed E-state index contributed by atoms with van der Waals surface area (Å²) in [6.07, 6.45) is 0.713. The highest BCUT2D eigenvalue weighted by atomic mass is 16.4. The standard InChI is InChI=1S/C15H21NO4/c1-3-9-16(10-8-13(17)18)14(15(19)20)12-6-4-11(2)5-7-12/h4-7,14H,3,8-10H2,1-2H3,(H,17,18)(H,19,20). The van der Waals surface area contributed by atoms with Crippen LogP contribution in [0.3, 0.4) is 0 Å². The van der Waals surface area contributed by atoms with E-state index in [1.54, 1.807) is 17.0 Å². The number of carbonyl (C=O) groups is 2. The molecule has 2 N–H and O–H groups in total. The average molecular weight is 279 g/mol. The molecule has 0 bridgehead atoms. The number of carboxylic acid groups (broad SMARTS) is 2. The van der Waals surface area contributed by atoms with Crippen molar-refractivity contribution in [3.63, 3.8) is 0 Å². The molecule has 5 heteroatoms. The molecule has 0 fully saturated rings. The number of nitrogens with zero attached hydrogens (tertiary/aromatic N) is 1. The summed E-state index contributed by atoms with van der Waals surface area (Å²) in [5.41, 5.74) is 1.74. The van der Waals surface area contributed by atoms with Gasteiger partial charge in [-0.3, -0.25) is 14.5 Å².